The van der Waals surface area contributed by atoms with E-state index in [9.17, 15) is 0 Å². The van der Waals surface area contributed by atoms with E-state index in [4.69, 9.17) is 0 Å². The molecular weight excluding hydrogens is 210 g/mol. The molecule has 0 aromatic carbocycles. The van der Waals surface area contributed by atoms with Crippen molar-refractivity contribution in [1.82, 2.24) is 15.1 Å². The molecule has 1 rings (SSSR count). The predicted molar refractivity (Wildman–Crippen MR) is 75.5 cm³/mol. The molecule has 3 heteroatoms. The Kier molecular flexibility index (Phi) is 5.90. The average molecular weight is 241 g/mol. The highest BCUT2D eigenvalue weighted by Gasteiger charge is 2.30. The topological polar surface area (TPSA) is 18.5 Å². The van der Waals surface area contributed by atoms with Gasteiger partial charge in [-0.25, -0.2) is 0 Å². The summed E-state index contributed by atoms with van der Waals surface area (Å²) in [4.78, 5) is 5.11. The first-order valence-corrected chi connectivity index (χ1v) is 7.10. The van der Waals surface area contributed by atoms with Crippen LogP contribution in [0.3, 0.4) is 0 Å². The maximum atomic E-state index is 3.39. The lowest BCUT2D eigenvalue weighted by Crippen LogP contribution is -2.57. The zero-order valence-electron chi connectivity index (χ0n) is 12.4. The standard InChI is InChI=1S/C14H31N3/c1-6-13(15-4)8-7-9-17-11-10-16(5)14(2,3)12-17/h13,15H,6-12H2,1-5H3. The van der Waals surface area contributed by atoms with Crippen molar-refractivity contribution in [2.75, 3.05) is 40.3 Å². The van der Waals surface area contributed by atoms with Gasteiger partial charge in [0.25, 0.3) is 0 Å². The van der Waals surface area contributed by atoms with E-state index in [1.54, 1.807) is 0 Å². The first-order valence-electron chi connectivity index (χ1n) is 7.10. The molecule has 1 fully saturated rings. The SMILES string of the molecule is CCC(CCCN1CCN(C)C(C)(C)C1)NC. The number of hydrogen-bond donors (Lipinski definition) is 1. The van der Waals surface area contributed by atoms with Crippen molar-refractivity contribution < 1.29 is 0 Å². The number of piperazine rings is 1. The second kappa shape index (κ2) is 6.72. The minimum atomic E-state index is 0.339. The Morgan fingerprint density at radius 1 is 1.29 bits per heavy atom. The summed E-state index contributed by atoms with van der Waals surface area (Å²) in [6, 6.07) is 0.704. The van der Waals surface area contributed by atoms with Gasteiger partial charge in [-0.05, 0) is 53.8 Å². The zero-order valence-corrected chi connectivity index (χ0v) is 12.4. The van der Waals surface area contributed by atoms with Crippen LogP contribution in [0.4, 0.5) is 0 Å². The Balaban J connectivity index is 2.24. The van der Waals surface area contributed by atoms with Crippen LogP contribution in [0, 0.1) is 0 Å². The van der Waals surface area contributed by atoms with Crippen molar-refractivity contribution in [2.24, 2.45) is 0 Å². The van der Waals surface area contributed by atoms with Gasteiger partial charge in [0.15, 0.2) is 0 Å². The van der Waals surface area contributed by atoms with Crippen LogP contribution in [0.25, 0.3) is 0 Å². The average Bonchev–Trinajstić information content (AvgIpc) is 2.29. The Hall–Kier alpha value is -0.120. The van der Waals surface area contributed by atoms with Gasteiger partial charge in [-0.3, -0.25) is 4.90 Å². The molecule has 3 nitrogen and oxygen atoms in total. The van der Waals surface area contributed by atoms with E-state index in [0.29, 0.717) is 11.6 Å². The third-order valence-corrected chi connectivity index (χ3v) is 4.32. The number of hydrogen-bond acceptors (Lipinski definition) is 3. The highest BCUT2D eigenvalue weighted by atomic mass is 15.3. The maximum absolute atomic E-state index is 3.39. The van der Waals surface area contributed by atoms with Gasteiger partial charge < -0.3 is 10.2 Å². The van der Waals surface area contributed by atoms with Gasteiger partial charge in [-0.1, -0.05) is 6.92 Å². The Morgan fingerprint density at radius 2 is 2.00 bits per heavy atom. The van der Waals surface area contributed by atoms with E-state index in [0.717, 1.165) is 0 Å². The van der Waals surface area contributed by atoms with Crippen LogP contribution in [-0.2, 0) is 0 Å². The largest absolute Gasteiger partial charge is 0.317 e. The molecule has 1 atom stereocenters. The Labute approximate surface area is 108 Å². The molecule has 0 aromatic rings. The number of nitrogens with one attached hydrogen (secondary N) is 1. The van der Waals surface area contributed by atoms with E-state index in [1.807, 2.05) is 0 Å². The van der Waals surface area contributed by atoms with Gasteiger partial charge in [-0.2, -0.15) is 0 Å². The number of rotatable bonds is 6. The molecule has 1 unspecified atom stereocenters. The molecule has 0 aliphatic carbocycles. The fourth-order valence-corrected chi connectivity index (χ4v) is 2.65. The van der Waals surface area contributed by atoms with Gasteiger partial charge in [0, 0.05) is 31.2 Å². The first kappa shape index (κ1) is 14.9. The number of likely N-dealkylation sites (N-methyl/N-ethyl adjacent to an activating group) is 1. The smallest absolute Gasteiger partial charge is 0.0277 e. The molecule has 1 heterocycles. The molecule has 1 aliphatic heterocycles. The summed E-state index contributed by atoms with van der Waals surface area (Å²) in [6.45, 7) is 11.9. The van der Waals surface area contributed by atoms with Crippen LogP contribution in [0.1, 0.15) is 40.0 Å². The highest BCUT2D eigenvalue weighted by Crippen LogP contribution is 2.19. The van der Waals surface area contributed by atoms with E-state index < -0.39 is 0 Å². The molecule has 0 amide bonds. The number of nitrogens with zero attached hydrogens (tertiary/aromatic N) is 2. The molecule has 0 saturated carbocycles. The van der Waals surface area contributed by atoms with Crippen LogP contribution < -0.4 is 5.32 Å². The monoisotopic (exact) mass is 241 g/mol. The van der Waals surface area contributed by atoms with Crippen molar-refractivity contribution >= 4 is 0 Å². The van der Waals surface area contributed by atoms with Crippen molar-refractivity contribution in [3.63, 3.8) is 0 Å². The molecule has 0 bridgehead atoms. The van der Waals surface area contributed by atoms with E-state index in [-0.39, 0.29) is 0 Å². The Morgan fingerprint density at radius 3 is 2.53 bits per heavy atom. The highest BCUT2D eigenvalue weighted by molar-refractivity contribution is 4.88. The second-order valence-electron chi connectivity index (χ2n) is 6.05. The lowest BCUT2D eigenvalue weighted by molar-refractivity contribution is 0.0390. The zero-order chi connectivity index (χ0) is 12.9. The second-order valence-corrected chi connectivity index (χ2v) is 6.05. The van der Waals surface area contributed by atoms with E-state index >= 15 is 0 Å². The van der Waals surface area contributed by atoms with Gasteiger partial charge >= 0.3 is 0 Å². The maximum Gasteiger partial charge on any atom is 0.0277 e. The third-order valence-electron chi connectivity index (χ3n) is 4.32. The molecule has 0 spiro atoms. The van der Waals surface area contributed by atoms with Crippen molar-refractivity contribution in [3.8, 4) is 0 Å². The summed E-state index contributed by atoms with van der Waals surface area (Å²) in [5.74, 6) is 0. The lowest BCUT2D eigenvalue weighted by atomic mass is 9.99. The van der Waals surface area contributed by atoms with Crippen LogP contribution in [-0.4, -0.2) is 61.7 Å². The quantitative estimate of drug-likeness (QED) is 0.765. The molecule has 0 aromatic heterocycles. The van der Waals surface area contributed by atoms with E-state index in [1.165, 1.54) is 45.4 Å². The molecule has 1 aliphatic rings. The third kappa shape index (κ3) is 4.57. The fourth-order valence-electron chi connectivity index (χ4n) is 2.65. The molecular formula is C14H31N3. The summed E-state index contributed by atoms with van der Waals surface area (Å²) in [7, 11) is 4.32. The summed E-state index contributed by atoms with van der Waals surface area (Å²) in [6.07, 6.45) is 3.86. The summed E-state index contributed by atoms with van der Waals surface area (Å²) in [5, 5.41) is 3.39. The summed E-state index contributed by atoms with van der Waals surface area (Å²) < 4.78 is 0. The minimum Gasteiger partial charge on any atom is -0.317 e. The lowest BCUT2D eigenvalue weighted by Gasteiger charge is -2.45. The molecule has 1 N–H and O–H groups in total. The van der Waals surface area contributed by atoms with Gasteiger partial charge in [0.1, 0.15) is 0 Å². The molecule has 102 valence electrons. The van der Waals surface area contributed by atoms with E-state index in [2.05, 4.69) is 50.0 Å². The Bertz CT molecular complexity index is 212. The molecule has 17 heavy (non-hydrogen) atoms. The van der Waals surface area contributed by atoms with Crippen molar-refractivity contribution in [1.29, 1.82) is 0 Å². The van der Waals surface area contributed by atoms with Crippen LogP contribution in [0.2, 0.25) is 0 Å². The van der Waals surface area contributed by atoms with Crippen LogP contribution in [0.15, 0.2) is 0 Å². The van der Waals surface area contributed by atoms with Crippen LogP contribution in [0.5, 0.6) is 0 Å². The molecule has 0 radical (unpaired) electrons. The van der Waals surface area contributed by atoms with Crippen molar-refractivity contribution in [3.05, 3.63) is 0 Å². The summed E-state index contributed by atoms with van der Waals surface area (Å²) in [5.41, 5.74) is 0.339. The van der Waals surface area contributed by atoms with Gasteiger partial charge in [0.2, 0.25) is 0 Å². The van der Waals surface area contributed by atoms with Crippen molar-refractivity contribution in [2.45, 2.75) is 51.6 Å². The van der Waals surface area contributed by atoms with Gasteiger partial charge in [0.05, 0.1) is 0 Å². The normalized spacial score (nSPS) is 23.8. The predicted octanol–water partition coefficient (Wildman–Crippen LogP) is 1.79. The van der Waals surface area contributed by atoms with Crippen LogP contribution >= 0.6 is 0 Å². The summed E-state index contributed by atoms with van der Waals surface area (Å²) >= 11 is 0. The first-order chi connectivity index (χ1) is 7.99. The van der Waals surface area contributed by atoms with Gasteiger partial charge in [-0.15, -0.1) is 0 Å². The minimum absolute atomic E-state index is 0.339. The molecule has 1 saturated heterocycles. The fraction of sp³-hybridized carbons (Fsp3) is 1.00.